The molecule has 0 aliphatic heterocycles. The molecule has 0 saturated carbocycles. The number of aromatic nitrogens is 2. The highest BCUT2D eigenvalue weighted by Crippen LogP contribution is 2.26. The lowest BCUT2D eigenvalue weighted by molar-refractivity contribution is 0.303. The summed E-state index contributed by atoms with van der Waals surface area (Å²) in [5.41, 5.74) is 4.64. The number of benzene rings is 3. The summed E-state index contributed by atoms with van der Waals surface area (Å²) in [6.45, 7) is 5.94. The average Bonchev–Trinajstić information content (AvgIpc) is 3.10. The van der Waals surface area contributed by atoms with Crippen LogP contribution in [0.2, 0.25) is 0 Å². The largest absolute Gasteiger partial charge is 0.494 e. The number of aryl methyl sites for hydroxylation is 1. The van der Waals surface area contributed by atoms with Gasteiger partial charge in [0.1, 0.15) is 11.6 Å². The molecule has 1 aromatic heterocycles. The zero-order chi connectivity index (χ0) is 20.2. The van der Waals surface area contributed by atoms with Crippen molar-refractivity contribution in [2.75, 3.05) is 6.61 Å². The highest BCUT2D eigenvalue weighted by Gasteiger charge is 2.12. The van der Waals surface area contributed by atoms with Crippen LogP contribution in [-0.2, 0) is 6.54 Å². The molecular formula is C25H25BrN2O. The van der Waals surface area contributed by atoms with E-state index in [-0.39, 0.29) is 0 Å². The number of nitrogens with zero attached hydrogens (tertiary/aromatic N) is 2. The summed E-state index contributed by atoms with van der Waals surface area (Å²) in [5, 5.41) is 0. The van der Waals surface area contributed by atoms with Crippen LogP contribution < -0.4 is 4.74 Å². The summed E-state index contributed by atoms with van der Waals surface area (Å²) < 4.78 is 9.34. The summed E-state index contributed by atoms with van der Waals surface area (Å²) in [7, 11) is 0. The Bertz CT molecular complexity index is 1080. The van der Waals surface area contributed by atoms with E-state index in [0.717, 1.165) is 45.6 Å². The lowest BCUT2D eigenvalue weighted by Gasteiger charge is -2.11. The number of imidazole rings is 1. The Kier molecular flexibility index (Phi) is 6.00. The fraction of sp³-hybridized carbons (Fsp3) is 0.240. The number of halogens is 1. The second-order valence-electron chi connectivity index (χ2n) is 7.51. The highest BCUT2D eigenvalue weighted by atomic mass is 79.9. The average molecular weight is 449 g/mol. The molecule has 148 valence electrons. The van der Waals surface area contributed by atoms with E-state index in [1.807, 2.05) is 6.07 Å². The number of rotatable bonds is 7. The van der Waals surface area contributed by atoms with Crippen molar-refractivity contribution >= 4 is 27.0 Å². The topological polar surface area (TPSA) is 27.1 Å². The van der Waals surface area contributed by atoms with Crippen molar-refractivity contribution in [1.29, 1.82) is 0 Å². The van der Waals surface area contributed by atoms with E-state index < -0.39 is 0 Å². The molecule has 3 aromatic carbocycles. The Hall–Kier alpha value is -2.59. The first kappa shape index (κ1) is 19.7. The third-order valence-corrected chi connectivity index (χ3v) is 5.63. The number of ether oxygens (including phenoxy) is 1. The molecule has 0 radical (unpaired) electrons. The Labute approximate surface area is 180 Å². The summed E-state index contributed by atoms with van der Waals surface area (Å²) >= 11 is 3.51. The van der Waals surface area contributed by atoms with E-state index in [9.17, 15) is 0 Å². The van der Waals surface area contributed by atoms with E-state index in [2.05, 4.69) is 101 Å². The van der Waals surface area contributed by atoms with E-state index in [0.29, 0.717) is 12.5 Å². The van der Waals surface area contributed by atoms with Crippen LogP contribution in [0.25, 0.3) is 22.4 Å². The van der Waals surface area contributed by atoms with Crippen molar-refractivity contribution in [3.63, 3.8) is 0 Å². The van der Waals surface area contributed by atoms with Gasteiger partial charge in [-0.25, -0.2) is 4.98 Å². The standard InChI is InChI=1S/C25H25BrN2O/c1-18(2)19-10-14-22(15-11-19)29-17-5-16-28-24-7-4-3-6-23(24)27-25(28)20-8-12-21(26)13-9-20/h3-4,6-15,18H,5,16-17H2,1-2H3. The van der Waals surface area contributed by atoms with Gasteiger partial charge in [0.25, 0.3) is 0 Å². The fourth-order valence-electron chi connectivity index (χ4n) is 3.48. The molecule has 0 aliphatic carbocycles. The third-order valence-electron chi connectivity index (χ3n) is 5.10. The Balaban J connectivity index is 1.48. The first-order valence-corrected chi connectivity index (χ1v) is 10.8. The summed E-state index contributed by atoms with van der Waals surface area (Å²) in [6.07, 6.45) is 0.913. The predicted molar refractivity (Wildman–Crippen MR) is 124 cm³/mol. The molecule has 4 rings (SSSR count). The van der Waals surface area contributed by atoms with Gasteiger partial charge in [0.05, 0.1) is 17.6 Å². The molecular weight excluding hydrogens is 424 g/mol. The van der Waals surface area contributed by atoms with Crippen LogP contribution in [0.15, 0.2) is 77.3 Å². The van der Waals surface area contributed by atoms with Gasteiger partial charge in [0.2, 0.25) is 0 Å². The van der Waals surface area contributed by atoms with E-state index in [1.165, 1.54) is 5.56 Å². The smallest absolute Gasteiger partial charge is 0.141 e. The van der Waals surface area contributed by atoms with Crippen molar-refractivity contribution < 1.29 is 4.74 Å². The quantitative estimate of drug-likeness (QED) is 0.283. The molecule has 4 heteroatoms. The van der Waals surface area contributed by atoms with E-state index in [4.69, 9.17) is 9.72 Å². The summed E-state index contributed by atoms with van der Waals surface area (Å²) in [6, 6.07) is 25.1. The summed E-state index contributed by atoms with van der Waals surface area (Å²) in [4.78, 5) is 4.88. The molecule has 3 nitrogen and oxygen atoms in total. The van der Waals surface area contributed by atoms with Crippen LogP contribution in [0, 0.1) is 0 Å². The van der Waals surface area contributed by atoms with Gasteiger partial charge in [-0.15, -0.1) is 0 Å². The second-order valence-corrected chi connectivity index (χ2v) is 8.42. The van der Waals surface area contributed by atoms with Gasteiger partial charge in [-0.3, -0.25) is 0 Å². The first-order valence-electron chi connectivity index (χ1n) is 10.1. The minimum absolute atomic E-state index is 0.538. The molecule has 29 heavy (non-hydrogen) atoms. The van der Waals surface area contributed by atoms with Crippen LogP contribution in [0.5, 0.6) is 5.75 Å². The van der Waals surface area contributed by atoms with Crippen LogP contribution in [0.3, 0.4) is 0 Å². The number of hydrogen-bond acceptors (Lipinski definition) is 2. The van der Waals surface area contributed by atoms with E-state index >= 15 is 0 Å². The van der Waals surface area contributed by atoms with E-state index in [1.54, 1.807) is 0 Å². The molecule has 0 saturated heterocycles. The van der Waals surface area contributed by atoms with Gasteiger partial charge in [-0.1, -0.05) is 66.2 Å². The molecule has 0 fully saturated rings. The molecule has 0 bridgehead atoms. The van der Waals surface area contributed by atoms with Crippen LogP contribution in [-0.4, -0.2) is 16.2 Å². The van der Waals surface area contributed by atoms with Gasteiger partial charge in [-0.05, 0) is 54.3 Å². The third kappa shape index (κ3) is 4.54. The summed E-state index contributed by atoms with van der Waals surface area (Å²) in [5.74, 6) is 2.47. The van der Waals surface area contributed by atoms with Crippen molar-refractivity contribution in [3.05, 3.63) is 82.8 Å². The van der Waals surface area contributed by atoms with Gasteiger partial charge in [0, 0.05) is 16.6 Å². The minimum atomic E-state index is 0.538. The number of hydrogen-bond donors (Lipinski definition) is 0. The SMILES string of the molecule is CC(C)c1ccc(OCCCn2c(-c3ccc(Br)cc3)nc3ccccc32)cc1. The predicted octanol–water partition coefficient (Wildman–Crippen LogP) is 7.06. The normalized spacial score (nSPS) is 11.3. The van der Waals surface area contributed by atoms with Gasteiger partial charge < -0.3 is 9.30 Å². The monoisotopic (exact) mass is 448 g/mol. The van der Waals surface area contributed by atoms with Crippen molar-refractivity contribution in [2.45, 2.75) is 32.7 Å². The maximum absolute atomic E-state index is 5.97. The Morgan fingerprint density at radius 1 is 0.931 bits per heavy atom. The fourth-order valence-corrected chi connectivity index (χ4v) is 3.75. The van der Waals surface area contributed by atoms with Gasteiger partial charge in [-0.2, -0.15) is 0 Å². The minimum Gasteiger partial charge on any atom is -0.494 e. The van der Waals surface area contributed by atoms with Crippen molar-refractivity contribution in [3.8, 4) is 17.1 Å². The lowest BCUT2D eigenvalue weighted by Crippen LogP contribution is -2.06. The zero-order valence-corrected chi connectivity index (χ0v) is 18.4. The molecule has 0 aliphatic rings. The lowest BCUT2D eigenvalue weighted by atomic mass is 10.0. The maximum atomic E-state index is 5.97. The molecule has 0 atom stereocenters. The van der Waals surface area contributed by atoms with Crippen LogP contribution in [0.4, 0.5) is 0 Å². The highest BCUT2D eigenvalue weighted by molar-refractivity contribution is 9.10. The molecule has 0 N–H and O–H groups in total. The molecule has 0 spiro atoms. The van der Waals surface area contributed by atoms with Gasteiger partial charge in [0.15, 0.2) is 0 Å². The van der Waals surface area contributed by atoms with Gasteiger partial charge >= 0.3 is 0 Å². The number of fused-ring (bicyclic) bond motifs is 1. The molecule has 1 heterocycles. The molecule has 4 aromatic rings. The Morgan fingerprint density at radius 2 is 1.66 bits per heavy atom. The van der Waals surface area contributed by atoms with Crippen LogP contribution in [0.1, 0.15) is 31.7 Å². The second kappa shape index (κ2) is 8.83. The Morgan fingerprint density at radius 3 is 2.38 bits per heavy atom. The van der Waals surface area contributed by atoms with Crippen LogP contribution >= 0.6 is 15.9 Å². The number of para-hydroxylation sites is 2. The molecule has 0 unspecified atom stereocenters. The van der Waals surface area contributed by atoms with Crippen molar-refractivity contribution in [2.24, 2.45) is 0 Å². The zero-order valence-electron chi connectivity index (χ0n) is 16.8. The maximum Gasteiger partial charge on any atom is 0.141 e. The molecule has 0 amide bonds. The van der Waals surface area contributed by atoms with Crippen molar-refractivity contribution in [1.82, 2.24) is 9.55 Å². The first-order chi connectivity index (χ1) is 14.1.